The summed E-state index contributed by atoms with van der Waals surface area (Å²) in [5.74, 6) is -5.72. The summed E-state index contributed by atoms with van der Waals surface area (Å²) < 4.78 is 96.7. The number of benzene rings is 5. The number of aromatic hydroxyl groups is 1. The van der Waals surface area contributed by atoms with E-state index in [0.29, 0.717) is 11.4 Å². The summed E-state index contributed by atoms with van der Waals surface area (Å²) in [4.78, 5) is 51.0. The molecule has 1 aliphatic rings. The zero-order valence-corrected chi connectivity index (χ0v) is 50.7. The number of aliphatic hydroxyl groups excluding tert-OH is 1. The number of carboxylic acid groups (broad SMARTS) is 2. The van der Waals surface area contributed by atoms with E-state index in [9.17, 15) is 68.9 Å². The SMILES string of the molecule is CNS(=O)(=O)c1ccc(N=NC2C(=O)N(c3ccc(C=Cc4ccc(N=C(O)C=CC(=O)Nc5ccc(N=Nc6ccc(O)c(C(=O)O)c6)cc5)cc4S(=O)(=O)O)c(S(=O)(=O)O)c3)N=C2C)c(C(=O)O)c1.[Na].[Na].[Na].[Na]. The minimum atomic E-state index is -5.07. The van der Waals surface area contributed by atoms with Crippen molar-refractivity contribution in [3.8, 4) is 5.75 Å². The van der Waals surface area contributed by atoms with Gasteiger partial charge in [-0.05, 0) is 110 Å². The topological polar surface area (TPSA) is 394 Å². The Morgan fingerprint density at radius 1 is 0.667 bits per heavy atom. The van der Waals surface area contributed by atoms with Crippen LogP contribution in [0.25, 0.3) is 12.2 Å². The molecule has 0 fully saturated rings. The maximum absolute atomic E-state index is 13.5. The first-order chi connectivity index (χ1) is 33.3. The molecule has 370 valence electrons. The van der Waals surface area contributed by atoms with Crippen LogP contribution < -0.4 is 15.0 Å². The number of phenols is 1. The Labute approximate surface area is 515 Å². The minimum absolute atomic E-state index is 0. The number of anilines is 2. The molecular weight excluding hydrogens is 1090 g/mol. The van der Waals surface area contributed by atoms with E-state index in [0.717, 1.165) is 91.0 Å². The molecule has 6 rings (SSSR count). The molecule has 32 heteroatoms. The predicted molar refractivity (Wildman–Crippen MR) is 276 cm³/mol. The minimum Gasteiger partial charge on any atom is -0.507 e. The van der Waals surface area contributed by atoms with Crippen molar-refractivity contribution in [1.82, 2.24) is 4.72 Å². The summed E-state index contributed by atoms with van der Waals surface area (Å²) in [6.45, 7) is 1.37. The summed E-state index contributed by atoms with van der Waals surface area (Å²) in [7, 11) is -13.0. The predicted octanol–water partition coefficient (Wildman–Crippen LogP) is 4.91. The number of azo groups is 2. The molecule has 0 saturated heterocycles. The van der Waals surface area contributed by atoms with Crippen LogP contribution >= 0.6 is 0 Å². The normalized spacial score (nSPS) is 14.0. The average Bonchev–Trinajstić information content (AvgIpc) is 3.60. The number of carboxylic acids is 2. The van der Waals surface area contributed by atoms with E-state index >= 15 is 0 Å². The van der Waals surface area contributed by atoms with Crippen LogP contribution in [0, 0.1) is 0 Å². The van der Waals surface area contributed by atoms with Gasteiger partial charge in [-0.25, -0.2) is 27.7 Å². The third-order valence-corrected chi connectivity index (χ3v) is 12.9. The molecule has 4 radical (unpaired) electrons. The van der Waals surface area contributed by atoms with Crippen molar-refractivity contribution < 1.29 is 74.0 Å². The molecule has 75 heavy (non-hydrogen) atoms. The molecular formula is C43H35N9Na4O16S3. The molecule has 0 spiro atoms. The number of carbonyl (C=O) groups is 4. The summed E-state index contributed by atoms with van der Waals surface area (Å²) in [5, 5.41) is 61.9. The molecule has 0 aliphatic carbocycles. The van der Waals surface area contributed by atoms with E-state index in [-0.39, 0.29) is 168 Å². The second-order valence-electron chi connectivity index (χ2n) is 14.5. The van der Waals surface area contributed by atoms with Crippen molar-refractivity contribution in [2.24, 2.45) is 30.6 Å². The van der Waals surface area contributed by atoms with Crippen LogP contribution in [0.5, 0.6) is 5.75 Å². The van der Waals surface area contributed by atoms with Crippen molar-refractivity contribution in [2.45, 2.75) is 27.7 Å². The fraction of sp³-hybridized carbons (Fsp3) is 0.0698. The number of rotatable bonds is 17. The van der Waals surface area contributed by atoms with Crippen molar-refractivity contribution in [1.29, 1.82) is 0 Å². The van der Waals surface area contributed by atoms with Crippen LogP contribution in [0.4, 0.5) is 34.1 Å². The summed E-state index contributed by atoms with van der Waals surface area (Å²) in [5.41, 5.74) is -1.29. The first-order valence-corrected chi connectivity index (χ1v) is 24.1. The van der Waals surface area contributed by atoms with Gasteiger partial charge in [0.2, 0.25) is 21.8 Å². The Hall–Kier alpha value is -4.67. The molecule has 2 amide bonds. The number of hydrazone groups is 1. The molecule has 1 unspecified atom stereocenters. The van der Waals surface area contributed by atoms with Gasteiger partial charge < -0.3 is 25.7 Å². The third kappa shape index (κ3) is 17.4. The Morgan fingerprint density at radius 3 is 1.81 bits per heavy atom. The fourth-order valence-electron chi connectivity index (χ4n) is 6.19. The van der Waals surface area contributed by atoms with Crippen LogP contribution in [0.2, 0.25) is 0 Å². The molecule has 1 heterocycles. The summed E-state index contributed by atoms with van der Waals surface area (Å²) >= 11 is 0. The molecule has 0 bridgehead atoms. The van der Waals surface area contributed by atoms with Gasteiger partial charge in [0.1, 0.15) is 21.1 Å². The monoisotopic (exact) mass is 1120 g/mol. The fourth-order valence-corrected chi connectivity index (χ4v) is 8.35. The average molecular weight is 1120 g/mol. The number of aliphatic hydroxyl groups is 1. The first kappa shape index (κ1) is 66.4. The molecule has 5 aromatic rings. The zero-order chi connectivity index (χ0) is 52.0. The van der Waals surface area contributed by atoms with E-state index in [1.807, 2.05) is 0 Å². The number of hydrogen-bond donors (Lipinski definition) is 8. The van der Waals surface area contributed by atoms with Gasteiger partial charge in [-0.15, -0.1) is 0 Å². The van der Waals surface area contributed by atoms with Crippen molar-refractivity contribution in [3.05, 3.63) is 131 Å². The molecule has 0 aromatic heterocycles. The van der Waals surface area contributed by atoms with Gasteiger partial charge in [0.15, 0.2) is 6.04 Å². The van der Waals surface area contributed by atoms with E-state index in [4.69, 9.17) is 5.11 Å². The van der Waals surface area contributed by atoms with E-state index < -0.39 is 87.1 Å². The number of amides is 2. The second kappa shape index (κ2) is 28.1. The smallest absolute Gasteiger partial charge is 0.339 e. The largest absolute Gasteiger partial charge is 0.507 e. The number of aliphatic imine (C=N–C) groups is 1. The van der Waals surface area contributed by atoms with Gasteiger partial charge in [-0.1, -0.05) is 24.3 Å². The number of aromatic carboxylic acids is 2. The third-order valence-electron chi connectivity index (χ3n) is 9.65. The van der Waals surface area contributed by atoms with Gasteiger partial charge in [-0.3, -0.25) is 18.7 Å². The maximum atomic E-state index is 13.5. The van der Waals surface area contributed by atoms with Gasteiger partial charge in [-0.2, -0.15) is 47.4 Å². The molecule has 8 N–H and O–H groups in total. The van der Waals surface area contributed by atoms with Gasteiger partial charge >= 0.3 is 11.9 Å². The van der Waals surface area contributed by atoms with Crippen molar-refractivity contribution >= 4 is 230 Å². The van der Waals surface area contributed by atoms with Crippen molar-refractivity contribution in [2.75, 3.05) is 17.4 Å². The van der Waals surface area contributed by atoms with E-state index in [1.54, 1.807) is 0 Å². The number of carbonyl (C=O) groups excluding carboxylic acids is 2. The number of sulfonamides is 1. The zero-order valence-electron chi connectivity index (χ0n) is 40.2. The summed E-state index contributed by atoms with van der Waals surface area (Å²) in [6.07, 6.45) is 3.92. The maximum Gasteiger partial charge on any atom is 0.339 e. The summed E-state index contributed by atoms with van der Waals surface area (Å²) in [6, 6.07) is 17.5. The number of nitrogens with zero attached hydrogens (tertiary/aromatic N) is 7. The molecule has 1 aliphatic heterocycles. The molecule has 5 aromatic carbocycles. The van der Waals surface area contributed by atoms with Crippen LogP contribution in [-0.4, -0.2) is 221 Å². The Balaban J connectivity index is 0.00000481. The van der Waals surface area contributed by atoms with Crippen LogP contribution in [0.3, 0.4) is 0 Å². The van der Waals surface area contributed by atoms with E-state index in [1.165, 1.54) is 49.4 Å². The molecule has 1 atom stereocenters. The first-order valence-electron chi connectivity index (χ1n) is 19.7. The molecule has 0 saturated carbocycles. The van der Waals surface area contributed by atoms with Crippen LogP contribution in [0.1, 0.15) is 38.8 Å². The van der Waals surface area contributed by atoms with Gasteiger partial charge in [0.05, 0.1) is 44.6 Å². The quantitative estimate of drug-likeness (QED) is 0.0117. The number of hydrogen-bond acceptors (Lipinski definition) is 17. The number of nitrogens with one attached hydrogen (secondary N) is 2. The van der Waals surface area contributed by atoms with Gasteiger partial charge in [0.25, 0.3) is 26.1 Å². The Kier molecular flexibility index (Phi) is 24.9. The van der Waals surface area contributed by atoms with Crippen molar-refractivity contribution in [3.63, 3.8) is 0 Å². The second-order valence-corrected chi connectivity index (χ2v) is 19.1. The van der Waals surface area contributed by atoms with Crippen LogP contribution in [0.15, 0.2) is 154 Å². The van der Waals surface area contributed by atoms with E-state index in [2.05, 4.69) is 40.6 Å². The Morgan fingerprint density at radius 2 is 1.23 bits per heavy atom. The standard InChI is InChI=1S/C43H35N9O16S3.4Na/c1-23-40(50-49-34-15-14-31(69(61,62)44-2)22-32(34)42(57)58)41(56)52(51-23)30-13-6-25(37(21-30)71(66,67)68)4-3-24-5-7-28(20-36(24)70(63,64)65)46-39(55)18-17-38(54)45-26-8-10-27(11-9-26)47-48-29-12-16-35(53)33(19-29)43(59)60;;;;/h3-22,40,44,53H,1-2H3,(H,45,54)(H,46,55)(H,57,58)(H,59,60)(H,63,64,65)(H,66,67,68);;;;. The Bertz CT molecular complexity index is 3580. The van der Waals surface area contributed by atoms with Gasteiger partial charge in [0, 0.05) is 136 Å². The van der Waals surface area contributed by atoms with Crippen LogP contribution in [-0.2, 0) is 39.8 Å². The molecule has 25 nitrogen and oxygen atoms in total.